The Morgan fingerprint density at radius 1 is 1.47 bits per heavy atom. The Morgan fingerprint density at radius 2 is 2.12 bits per heavy atom. The van der Waals surface area contributed by atoms with E-state index in [0.717, 1.165) is 18.5 Å². The van der Waals surface area contributed by atoms with Crippen molar-refractivity contribution >= 4 is 11.7 Å². The second kappa shape index (κ2) is 6.25. The molecule has 4 nitrogen and oxygen atoms in total. The monoisotopic (exact) mass is 236 g/mol. The predicted octanol–water partition coefficient (Wildman–Crippen LogP) is 1.95. The van der Waals surface area contributed by atoms with Gasteiger partial charge in [0.2, 0.25) is 0 Å². The molecule has 0 aliphatic rings. The fourth-order valence-electron chi connectivity index (χ4n) is 1.75. The first-order chi connectivity index (χ1) is 8.06. The SMILES string of the molecule is CCCN(Cc1ccccc1N)C(C)C(=O)O. The van der Waals surface area contributed by atoms with E-state index in [2.05, 4.69) is 0 Å². The zero-order valence-corrected chi connectivity index (χ0v) is 10.4. The number of hydrogen-bond acceptors (Lipinski definition) is 3. The third-order valence-corrected chi connectivity index (χ3v) is 2.84. The highest BCUT2D eigenvalue weighted by molar-refractivity contribution is 5.72. The smallest absolute Gasteiger partial charge is 0.320 e. The number of hydrogen-bond donors (Lipinski definition) is 2. The molecule has 1 aromatic rings. The molecule has 17 heavy (non-hydrogen) atoms. The van der Waals surface area contributed by atoms with Crippen LogP contribution in [0.2, 0.25) is 0 Å². The van der Waals surface area contributed by atoms with Gasteiger partial charge in [-0.2, -0.15) is 0 Å². The normalized spacial score (nSPS) is 12.6. The van der Waals surface area contributed by atoms with E-state index in [1.807, 2.05) is 36.1 Å². The number of nitrogens with two attached hydrogens (primary N) is 1. The Bertz CT molecular complexity index is 379. The van der Waals surface area contributed by atoms with Crippen molar-refractivity contribution in [3.8, 4) is 0 Å². The first-order valence-corrected chi connectivity index (χ1v) is 5.86. The first kappa shape index (κ1) is 13.5. The van der Waals surface area contributed by atoms with E-state index < -0.39 is 12.0 Å². The maximum absolute atomic E-state index is 11.0. The summed E-state index contributed by atoms with van der Waals surface area (Å²) in [5, 5.41) is 9.05. The van der Waals surface area contributed by atoms with E-state index in [9.17, 15) is 4.79 Å². The first-order valence-electron chi connectivity index (χ1n) is 5.86. The summed E-state index contributed by atoms with van der Waals surface area (Å²) in [6.07, 6.45) is 0.921. The third kappa shape index (κ3) is 3.75. The van der Waals surface area contributed by atoms with Crippen molar-refractivity contribution in [3.63, 3.8) is 0 Å². The maximum atomic E-state index is 11.0. The van der Waals surface area contributed by atoms with E-state index in [0.29, 0.717) is 12.2 Å². The molecule has 0 saturated heterocycles. The second-order valence-electron chi connectivity index (χ2n) is 4.18. The minimum absolute atomic E-state index is 0.491. The average molecular weight is 236 g/mol. The summed E-state index contributed by atoms with van der Waals surface area (Å²) < 4.78 is 0. The number of nitrogens with zero attached hydrogens (tertiary/aromatic N) is 1. The number of para-hydroxylation sites is 1. The lowest BCUT2D eigenvalue weighted by molar-refractivity contribution is -0.142. The Hall–Kier alpha value is -1.55. The Balaban J connectivity index is 2.80. The van der Waals surface area contributed by atoms with Gasteiger partial charge in [-0.05, 0) is 31.5 Å². The zero-order valence-electron chi connectivity index (χ0n) is 10.4. The van der Waals surface area contributed by atoms with E-state index in [1.165, 1.54) is 0 Å². The van der Waals surface area contributed by atoms with Gasteiger partial charge in [-0.15, -0.1) is 0 Å². The van der Waals surface area contributed by atoms with Gasteiger partial charge in [0, 0.05) is 12.2 Å². The Labute approximate surface area is 102 Å². The van der Waals surface area contributed by atoms with Gasteiger partial charge in [0.15, 0.2) is 0 Å². The number of aliphatic carboxylic acids is 1. The lowest BCUT2D eigenvalue weighted by Gasteiger charge is -2.26. The summed E-state index contributed by atoms with van der Waals surface area (Å²) in [5.41, 5.74) is 7.56. The number of carbonyl (C=O) groups is 1. The van der Waals surface area contributed by atoms with Crippen LogP contribution in [-0.2, 0) is 11.3 Å². The number of nitrogen functional groups attached to an aromatic ring is 1. The van der Waals surface area contributed by atoms with Crippen LogP contribution >= 0.6 is 0 Å². The van der Waals surface area contributed by atoms with Gasteiger partial charge in [0.1, 0.15) is 6.04 Å². The van der Waals surface area contributed by atoms with Gasteiger partial charge in [-0.1, -0.05) is 25.1 Å². The van der Waals surface area contributed by atoms with E-state index >= 15 is 0 Å². The molecule has 0 saturated carbocycles. The van der Waals surface area contributed by atoms with Crippen LogP contribution in [-0.4, -0.2) is 28.6 Å². The van der Waals surface area contributed by atoms with Gasteiger partial charge in [0.25, 0.3) is 0 Å². The van der Waals surface area contributed by atoms with Gasteiger partial charge in [-0.25, -0.2) is 0 Å². The van der Waals surface area contributed by atoms with Crippen molar-refractivity contribution in [2.24, 2.45) is 0 Å². The highest BCUT2D eigenvalue weighted by atomic mass is 16.4. The van der Waals surface area contributed by atoms with Crippen LogP contribution in [0.3, 0.4) is 0 Å². The number of carboxylic acids is 1. The number of benzene rings is 1. The molecule has 0 fully saturated rings. The summed E-state index contributed by atoms with van der Waals surface area (Å²) in [6.45, 7) is 5.07. The molecule has 0 aliphatic heterocycles. The van der Waals surface area contributed by atoms with Crippen LogP contribution in [0.15, 0.2) is 24.3 Å². The second-order valence-corrected chi connectivity index (χ2v) is 4.18. The number of rotatable bonds is 6. The van der Waals surface area contributed by atoms with Crippen molar-refractivity contribution in [1.29, 1.82) is 0 Å². The lowest BCUT2D eigenvalue weighted by Crippen LogP contribution is -2.39. The summed E-state index contributed by atoms with van der Waals surface area (Å²) in [5.74, 6) is -0.798. The molecule has 94 valence electrons. The fourth-order valence-corrected chi connectivity index (χ4v) is 1.75. The largest absolute Gasteiger partial charge is 0.480 e. The molecule has 0 heterocycles. The molecule has 0 aliphatic carbocycles. The molecule has 0 amide bonds. The predicted molar refractivity (Wildman–Crippen MR) is 68.7 cm³/mol. The summed E-state index contributed by atoms with van der Waals surface area (Å²) in [7, 11) is 0. The quantitative estimate of drug-likeness (QED) is 0.741. The van der Waals surface area contributed by atoms with E-state index in [4.69, 9.17) is 10.8 Å². The summed E-state index contributed by atoms with van der Waals surface area (Å²) in [6, 6.07) is 7.08. The van der Waals surface area contributed by atoms with E-state index in [1.54, 1.807) is 6.92 Å². The van der Waals surface area contributed by atoms with Gasteiger partial charge < -0.3 is 10.8 Å². The van der Waals surface area contributed by atoms with Gasteiger partial charge in [-0.3, -0.25) is 9.69 Å². The highest BCUT2D eigenvalue weighted by Crippen LogP contribution is 2.15. The van der Waals surface area contributed by atoms with Crippen molar-refractivity contribution in [1.82, 2.24) is 4.90 Å². The van der Waals surface area contributed by atoms with Crippen molar-refractivity contribution in [2.45, 2.75) is 32.9 Å². The summed E-state index contributed by atoms with van der Waals surface area (Å²) in [4.78, 5) is 12.9. The molecular weight excluding hydrogens is 216 g/mol. The van der Waals surface area contributed by atoms with E-state index in [-0.39, 0.29) is 0 Å². The minimum Gasteiger partial charge on any atom is -0.480 e. The maximum Gasteiger partial charge on any atom is 0.320 e. The third-order valence-electron chi connectivity index (χ3n) is 2.84. The standard InChI is InChI=1S/C13H20N2O2/c1-3-8-15(10(2)13(16)17)9-11-6-4-5-7-12(11)14/h4-7,10H,3,8-9,14H2,1-2H3,(H,16,17). The van der Waals surface area contributed by atoms with Crippen LogP contribution < -0.4 is 5.73 Å². The molecule has 0 spiro atoms. The van der Waals surface area contributed by atoms with Gasteiger partial charge >= 0.3 is 5.97 Å². The topological polar surface area (TPSA) is 66.6 Å². The molecular formula is C13H20N2O2. The minimum atomic E-state index is -0.798. The molecule has 1 atom stereocenters. The van der Waals surface area contributed by atoms with Crippen LogP contribution in [0, 0.1) is 0 Å². The number of anilines is 1. The molecule has 4 heteroatoms. The molecule has 1 rings (SSSR count). The average Bonchev–Trinajstić information content (AvgIpc) is 2.30. The van der Waals surface area contributed by atoms with Crippen LogP contribution in [0.25, 0.3) is 0 Å². The number of carboxylic acid groups (broad SMARTS) is 1. The molecule has 0 radical (unpaired) electrons. The van der Waals surface area contributed by atoms with Crippen molar-refractivity contribution in [2.75, 3.05) is 12.3 Å². The fraction of sp³-hybridized carbons (Fsp3) is 0.462. The van der Waals surface area contributed by atoms with Crippen molar-refractivity contribution in [3.05, 3.63) is 29.8 Å². The van der Waals surface area contributed by atoms with Crippen LogP contribution in [0.5, 0.6) is 0 Å². The Morgan fingerprint density at radius 3 is 2.65 bits per heavy atom. The molecule has 1 unspecified atom stereocenters. The van der Waals surface area contributed by atoms with Crippen LogP contribution in [0.4, 0.5) is 5.69 Å². The van der Waals surface area contributed by atoms with Gasteiger partial charge in [0.05, 0.1) is 0 Å². The Kier molecular flexibility index (Phi) is 4.97. The highest BCUT2D eigenvalue weighted by Gasteiger charge is 2.20. The molecule has 0 bridgehead atoms. The lowest BCUT2D eigenvalue weighted by atomic mass is 10.1. The zero-order chi connectivity index (χ0) is 12.8. The molecule has 3 N–H and O–H groups in total. The van der Waals surface area contributed by atoms with Crippen LogP contribution in [0.1, 0.15) is 25.8 Å². The molecule has 0 aromatic heterocycles. The van der Waals surface area contributed by atoms with Crippen molar-refractivity contribution < 1.29 is 9.90 Å². The summed E-state index contributed by atoms with van der Waals surface area (Å²) >= 11 is 0. The molecule has 1 aromatic carbocycles.